The van der Waals surface area contributed by atoms with Gasteiger partial charge in [-0.1, -0.05) is 38.3 Å². The largest absolute Gasteiger partial charge is 0.493 e. The molecular weight excluding hydrogens is 405 g/mol. The zero-order valence-corrected chi connectivity index (χ0v) is 17.0. The number of hydrogen-bond acceptors (Lipinski definition) is 3. The second kappa shape index (κ2) is 13.3. The molecule has 1 aromatic carbocycles. The number of guanidine groups is 1. The fraction of sp³-hybridized carbons (Fsp3) is 0.588. The van der Waals surface area contributed by atoms with Crippen LogP contribution in [0.3, 0.4) is 0 Å². The molecule has 0 heterocycles. The highest BCUT2D eigenvalue weighted by Gasteiger charge is 2.09. The van der Waals surface area contributed by atoms with Gasteiger partial charge in [-0.2, -0.15) is 0 Å². The maximum atomic E-state index is 5.43. The fourth-order valence-electron chi connectivity index (χ4n) is 2.25. The molecule has 1 aromatic rings. The van der Waals surface area contributed by atoms with Gasteiger partial charge in [0.05, 0.1) is 14.2 Å². The Labute approximate surface area is 157 Å². The summed E-state index contributed by atoms with van der Waals surface area (Å²) in [6, 6.07) is 5.87. The molecule has 0 bridgehead atoms. The van der Waals surface area contributed by atoms with Crippen molar-refractivity contribution in [3.05, 3.63) is 23.8 Å². The first-order valence-electron chi connectivity index (χ1n) is 7.91. The SMILES string of the molecule is CCCCCCNC(=NC)NCc1cccc(OC)c1OC.I. The van der Waals surface area contributed by atoms with Crippen molar-refractivity contribution in [1.82, 2.24) is 10.6 Å². The average Bonchev–Trinajstić information content (AvgIpc) is 2.56. The number of aliphatic imine (C=N–C) groups is 1. The Hall–Kier alpha value is -1.18. The van der Waals surface area contributed by atoms with E-state index in [0.717, 1.165) is 36.0 Å². The average molecular weight is 435 g/mol. The van der Waals surface area contributed by atoms with Gasteiger partial charge in [0.15, 0.2) is 17.5 Å². The number of nitrogens with zero attached hydrogens (tertiary/aromatic N) is 1. The Kier molecular flexibility index (Phi) is 12.6. The summed E-state index contributed by atoms with van der Waals surface area (Å²) in [5.41, 5.74) is 1.04. The molecule has 0 amide bonds. The summed E-state index contributed by atoms with van der Waals surface area (Å²) in [6.07, 6.45) is 4.96. The number of benzene rings is 1. The molecule has 0 aromatic heterocycles. The molecule has 1 rings (SSSR count). The number of halogens is 1. The highest BCUT2D eigenvalue weighted by molar-refractivity contribution is 14.0. The number of nitrogens with one attached hydrogen (secondary N) is 2. The summed E-state index contributed by atoms with van der Waals surface area (Å²) in [7, 11) is 5.08. The van der Waals surface area contributed by atoms with Gasteiger partial charge in [0.1, 0.15) is 0 Å². The first kappa shape index (κ1) is 21.8. The maximum absolute atomic E-state index is 5.43. The van der Waals surface area contributed by atoms with Gasteiger partial charge in [-0.3, -0.25) is 4.99 Å². The molecule has 5 nitrogen and oxygen atoms in total. The molecular formula is C17H30IN3O2. The molecule has 0 spiro atoms. The van der Waals surface area contributed by atoms with Crippen LogP contribution in [0.4, 0.5) is 0 Å². The Balaban J connectivity index is 0.00000484. The molecule has 6 heteroatoms. The molecule has 0 aliphatic rings. The number of rotatable bonds is 9. The van der Waals surface area contributed by atoms with Gasteiger partial charge in [0, 0.05) is 25.7 Å². The normalized spacial score (nSPS) is 10.7. The van der Waals surface area contributed by atoms with Gasteiger partial charge in [-0.25, -0.2) is 0 Å². The van der Waals surface area contributed by atoms with Gasteiger partial charge in [0.25, 0.3) is 0 Å². The molecule has 0 saturated heterocycles. The van der Waals surface area contributed by atoms with E-state index in [1.165, 1.54) is 19.3 Å². The number of hydrogen-bond donors (Lipinski definition) is 2. The Morgan fingerprint density at radius 2 is 1.87 bits per heavy atom. The lowest BCUT2D eigenvalue weighted by molar-refractivity contribution is 0.351. The van der Waals surface area contributed by atoms with Gasteiger partial charge in [-0.05, 0) is 12.5 Å². The van der Waals surface area contributed by atoms with Crippen LogP contribution in [0.1, 0.15) is 38.2 Å². The van der Waals surface area contributed by atoms with E-state index in [1.807, 2.05) is 18.2 Å². The van der Waals surface area contributed by atoms with Crippen molar-refractivity contribution in [3.8, 4) is 11.5 Å². The van der Waals surface area contributed by atoms with Gasteiger partial charge >= 0.3 is 0 Å². The van der Waals surface area contributed by atoms with Gasteiger partial charge < -0.3 is 20.1 Å². The lowest BCUT2D eigenvalue weighted by Gasteiger charge is -2.15. The molecule has 0 aliphatic heterocycles. The minimum Gasteiger partial charge on any atom is -0.493 e. The Bertz CT molecular complexity index is 467. The third kappa shape index (κ3) is 7.76. The molecule has 2 N–H and O–H groups in total. The van der Waals surface area contributed by atoms with E-state index in [-0.39, 0.29) is 24.0 Å². The van der Waals surface area contributed by atoms with E-state index in [0.29, 0.717) is 6.54 Å². The molecule has 0 atom stereocenters. The predicted octanol–water partition coefficient (Wildman–Crippen LogP) is 3.57. The zero-order chi connectivity index (χ0) is 16.2. The molecule has 0 saturated carbocycles. The van der Waals surface area contributed by atoms with Crippen molar-refractivity contribution in [3.63, 3.8) is 0 Å². The van der Waals surface area contributed by atoms with Crippen LogP contribution >= 0.6 is 24.0 Å². The first-order chi connectivity index (χ1) is 10.8. The number of unbranched alkanes of at least 4 members (excludes halogenated alkanes) is 3. The van der Waals surface area contributed by atoms with Crippen LogP contribution in [-0.2, 0) is 6.54 Å². The van der Waals surface area contributed by atoms with Crippen LogP contribution in [0.25, 0.3) is 0 Å². The smallest absolute Gasteiger partial charge is 0.191 e. The van der Waals surface area contributed by atoms with E-state index < -0.39 is 0 Å². The lowest BCUT2D eigenvalue weighted by atomic mass is 10.2. The third-order valence-corrected chi connectivity index (χ3v) is 3.48. The van der Waals surface area contributed by atoms with Crippen molar-refractivity contribution in [2.75, 3.05) is 27.8 Å². The van der Waals surface area contributed by atoms with Crippen LogP contribution in [0, 0.1) is 0 Å². The lowest BCUT2D eigenvalue weighted by Crippen LogP contribution is -2.37. The van der Waals surface area contributed by atoms with E-state index in [1.54, 1.807) is 21.3 Å². The van der Waals surface area contributed by atoms with E-state index in [4.69, 9.17) is 9.47 Å². The molecule has 0 unspecified atom stereocenters. The van der Waals surface area contributed by atoms with Crippen molar-refractivity contribution in [2.45, 2.75) is 39.2 Å². The number of methoxy groups -OCH3 is 2. The maximum Gasteiger partial charge on any atom is 0.191 e. The quantitative estimate of drug-likeness (QED) is 0.270. The second-order valence-corrected chi connectivity index (χ2v) is 5.07. The molecule has 23 heavy (non-hydrogen) atoms. The van der Waals surface area contributed by atoms with Crippen LogP contribution in [0.15, 0.2) is 23.2 Å². The first-order valence-corrected chi connectivity index (χ1v) is 7.91. The standard InChI is InChI=1S/C17H29N3O2.HI/c1-5-6-7-8-12-19-17(18-2)20-13-14-10-9-11-15(21-3)16(14)22-4;/h9-11H,5-8,12-13H2,1-4H3,(H2,18,19,20);1H. The summed E-state index contributed by atoms with van der Waals surface area (Å²) in [4.78, 5) is 4.24. The van der Waals surface area contributed by atoms with E-state index >= 15 is 0 Å². The molecule has 0 aliphatic carbocycles. The topological polar surface area (TPSA) is 54.9 Å². The highest BCUT2D eigenvalue weighted by atomic mass is 127. The minimum atomic E-state index is 0. The van der Waals surface area contributed by atoms with Crippen LogP contribution < -0.4 is 20.1 Å². The third-order valence-electron chi connectivity index (χ3n) is 3.48. The molecule has 132 valence electrons. The summed E-state index contributed by atoms with van der Waals surface area (Å²) >= 11 is 0. The van der Waals surface area contributed by atoms with Crippen LogP contribution in [-0.4, -0.2) is 33.8 Å². The van der Waals surface area contributed by atoms with E-state index in [2.05, 4.69) is 22.5 Å². The van der Waals surface area contributed by atoms with E-state index in [9.17, 15) is 0 Å². The van der Waals surface area contributed by atoms with Crippen molar-refractivity contribution < 1.29 is 9.47 Å². The summed E-state index contributed by atoms with van der Waals surface area (Å²) in [5, 5.41) is 6.64. The van der Waals surface area contributed by atoms with Crippen molar-refractivity contribution in [2.24, 2.45) is 4.99 Å². The fourth-order valence-corrected chi connectivity index (χ4v) is 2.25. The predicted molar refractivity (Wildman–Crippen MR) is 107 cm³/mol. The molecule has 0 radical (unpaired) electrons. The van der Waals surface area contributed by atoms with Crippen molar-refractivity contribution in [1.29, 1.82) is 0 Å². The monoisotopic (exact) mass is 435 g/mol. The van der Waals surface area contributed by atoms with Crippen molar-refractivity contribution >= 4 is 29.9 Å². The Morgan fingerprint density at radius 3 is 2.48 bits per heavy atom. The van der Waals surface area contributed by atoms with Crippen LogP contribution in [0.5, 0.6) is 11.5 Å². The zero-order valence-electron chi connectivity index (χ0n) is 14.6. The number of para-hydroxylation sites is 1. The highest BCUT2D eigenvalue weighted by Crippen LogP contribution is 2.30. The summed E-state index contributed by atoms with van der Waals surface area (Å²) in [5.74, 6) is 2.31. The van der Waals surface area contributed by atoms with Gasteiger partial charge in [-0.15, -0.1) is 24.0 Å². The van der Waals surface area contributed by atoms with Gasteiger partial charge in [0.2, 0.25) is 0 Å². The van der Waals surface area contributed by atoms with Crippen LogP contribution in [0.2, 0.25) is 0 Å². The number of ether oxygens (including phenoxy) is 2. The molecule has 0 fully saturated rings. The summed E-state index contributed by atoms with van der Waals surface area (Å²) < 4.78 is 10.7. The second-order valence-electron chi connectivity index (χ2n) is 5.07. The summed E-state index contributed by atoms with van der Waals surface area (Å²) in [6.45, 7) is 3.79. The Morgan fingerprint density at radius 1 is 1.09 bits per heavy atom. The minimum absolute atomic E-state index is 0.